The molecule has 1 aromatic heterocycles. The number of carbonyl (C=O) groups excluding carboxylic acids is 3. The molecule has 0 atom stereocenters. The van der Waals surface area contributed by atoms with Gasteiger partial charge in [0.1, 0.15) is 6.54 Å². The van der Waals surface area contributed by atoms with Crippen molar-refractivity contribution in [3.63, 3.8) is 0 Å². The Hall–Kier alpha value is -2.93. The van der Waals surface area contributed by atoms with Crippen molar-refractivity contribution in [1.29, 1.82) is 0 Å². The van der Waals surface area contributed by atoms with Gasteiger partial charge < -0.3 is 5.32 Å². The maximum atomic E-state index is 12.5. The van der Waals surface area contributed by atoms with Crippen molar-refractivity contribution in [2.45, 2.75) is 20.8 Å². The highest BCUT2D eigenvalue weighted by Gasteiger charge is 2.36. The molecule has 2 heterocycles. The first-order chi connectivity index (χ1) is 12.8. The van der Waals surface area contributed by atoms with Gasteiger partial charge in [-0.3, -0.25) is 24.3 Å². The van der Waals surface area contributed by atoms with Crippen LogP contribution in [0.15, 0.2) is 41.3 Å². The van der Waals surface area contributed by atoms with Gasteiger partial charge >= 0.3 is 0 Å². The van der Waals surface area contributed by atoms with Crippen LogP contribution in [0.2, 0.25) is 0 Å². The number of benzene rings is 1. The van der Waals surface area contributed by atoms with E-state index in [9.17, 15) is 14.4 Å². The molecule has 0 radical (unpaired) electrons. The lowest BCUT2D eigenvalue weighted by Crippen LogP contribution is -2.36. The fourth-order valence-electron chi connectivity index (χ4n) is 2.62. The molecule has 7 heteroatoms. The fourth-order valence-corrected chi connectivity index (χ4v) is 3.44. The highest BCUT2D eigenvalue weighted by molar-refractivity contribution is 8.18. The van der Waals surface area contributed by atoms with Crippen molar-refractivity contribution >= 4 is 40.6 Å². The lowest BCUT2D eigenvalue weighted by atomic mass is 10.1. The molecule has 1 aliphatic heterocycles. The first-order valence-corrected chi connectivity index (χ1v) is 9.21. The molecule has 0 unspecified atom stereocenters. The highest BCUT2D eigenvalue weighted by Crippen LogP contribution is 2.31. The average molecular weight is 381 g/mol. The number of pyridine rings is 1. The van der Waals surface area contributed by atoms with Crippen LogP contribution in [-0.4, -0.2) is 33.5 Å². The number of carbonyl (C=O) groups is 3. The van der Waals surface area contributed by atoms with E-state index in [1.54, 1.807) is 12.1 Å². The van der Waals surface area contributed by atoms with E-state index < -0.39 is 17.1 Å². The average Bonchev–Trinajstić information content (AvgIpc) is 2.86. The molecule has 1 aromatic carbocycles. The number of amides is 3. The standard InChI is InChI=1S/C20H19N3O3S/c1-12-7-8-13(2)16(9-12)22-18(24)11-23-19(25)17(27-20(23)26)10-15-6-4-5-14(3)21-15/h4-10H,11H2,1-3H3,(H,22,24)/b17-10+. The van der Waals surface area contributed by atoms with E-state index in [0.29, 0.717) is 11.4 Å². The number of hydrogen-bond donors (Lipinski definition) is 1. The van der Waals surface area contributed by atoms with Crippen LogP contribution in [0.4, 0.5) is 10.5 Å². The zero-order chi connectivity index (χ0) is 19.6. The van der Waals surface area contributed by atoms with Gasteiger partial charge in [-0.05, 0) is 67.9 Å². The topological polar surface area (TPSA) is 79.4 Å². The molecule has 3 amide bonds. The Morgan fingerprint density at radius 2 is 1.96 bits per heavy atom. The zero-order valence-electron chi connectivity index (χ0n) is 15.3. The second-order valence-electron chi connectivity index (χ2n) is 6.34. The van der Waals surface area contributed by atoms with E-state index >= 15 is 0 Å². The van der Waals surface area contributed by atoms with E-state index in [2.05, 4.69) is 10.3 Å². The number of thioether (sulfide) groups is 1. The van der Waals surface area contributed by atoms with Gasteiger partial charge in [-0.1, -0.05) is 18.2 Å². The van der Waals surface area contributed by atoms with Gasteiger partial charge in [-0.25, -0.2) is 0 Å². The van der Waals surface area contributed by atoms with E-state index in [4.69, 9.17) is 0 Å². The number of nitrogens with zero attached hydrogens (tertiary/aromatic N) is 2. The van der Waals surface area contributed by atoms with Crippen molar-refractivity contribution in [2.75, 3.05) is 11.9 Å². The molecule has 27 heavy (non-hydrogen) atoms. The lowest BCUT2D eigenvalue weighted by Gasteiger charge is -2.14. The first kappa shape index (κ1) is 18.8. The molecule has 0 saturated carbocycles. The Morgan fingerprint density at radius 1 is 1.19 bits per heavy atom. The Morgan fingerprint density at radius 3 is 2.70 bits per heavy atom. The summed E-state index contributed by atoms with van der Waals surface area (Å²) in [6.45, 7) is 5.33. The number of aromatic nitrogens is 1. The number of nitrogens with one attached hydrogen (secondary N) is 1. The van der Waals surface area contributed by atoms with Crippen LogP contribution in [-0.2, 0) is 9.59 Å². The number of aryl methyl sites for hydroxylation is 3. The first-order valence-electron chi connectivity index (χ1n) is 8.39. The van der Waals surface area contributed by atoms with Gasteiger partial charge in [0, 0.05) is 11.4 Å². The molecule has 2 aromatic rings. The van der Waals surface area contributed by atoms with Gasteiger partial charge in [-0.15, -0.1) is 0 Å². The second kappa shape index (κ2) is 7.75. The SMILES string of the molecule is Cc1ccc(C)c(NC(=O)CN2C(=O)S/C(=C/c3cccc(C)n3)C2=O)c1. The maximum absolute atomic E-state index is 12.5. The number of imide groups is 1. The largest absolute Gasteiger partial charge is 0.324 e. The molecule has 0 bridgehead atoms. The monoisotopic (exact) mass is 381 g/mol. The number of anilines is 1. The Balaban J connectivity index is 1.72. The summed E-state index contributed by atoms with van der Waals surface area (Å²) in [6, 6.07) is 11.1. The molecular weight excluding hydrogens is 362 g/mol. The van der Waals surface area contributed by atoms with Gasteiger partial charge in [0.05, 0.1) is 10.6 Å². The fraction of sp³-hybridized carbons (Fsp3) is 0.200. The predicted molar refractivity (Wildman–Crippen MR) is 106 cm³/mol. The predicted octanol–water partition coefficient (Wildman–Crippen LogP) is 3.68. The van der Waals surface area contributed by atoms with Crippen LogP contribution in [0.25, 0.3) is 6.08 Å². The lowest BCUT2D eigenvalue weighted by molar-refractivity contribution is -0.127. The van der Waals surface area contributed by atoms with Crippen LogP contribution in [0.1, 0.15) is 22.5 Å². The summed E-state index contributed by atoms with van der Waals surface area (Å²) in [7, 11) is 0. The molecule has 1 fully saturated rings. The summed E-state index contributed by atoms with van der Waals surface area (Å²) in [5.74, 6) is -0.898. The number of rotatable bonds is 4. The Bertz CT molecular complexity index is 969. The van der Waals surface area contributed by atoms with Crippen LogP contribution >= 0.6 is 11.8 Å². The van der Waals surface area contributed by atoms with Crippen molar-refractivity contribution in [3.05, 3.63) is 63.8 Å². The summed E-state index contributed by atoms with van der Waals surface area (Å²) in [5.41, 5.74) is 4.01. The maximum Gasteiger partial charge on any atom is 0.294 e. The van der Waals surface area contributed by atoms with E-state index in [1.807, 2.05) is 51.1 Å². The van der Waals surface area contributed by atoms with Crippen molar-refractivity contribution in [3.8, 4) is 0 Å². The van der Waals surface area contributed by atoms with E-state index in [-0.39, 0.29) is 11.4 Å². The molecule has 1 aliphatic rings. The minimum absolute atomic E-state index is 0.262. The molecule has 1 N–H and O–H groups in total. The third kappa shape index (κ3) is 4.43. The summed E-state index contributed by atoms with van der Waals surface area (Å²) in [4.78, 5) is 42.6. The van der Waals surface area contributed by atoms with Gasteiger partial charge in [0.15, 0.2) is 0 Å². The quantitative estimate of drug-likeness (QED) is 0.817. The van der Waals surface area contributed by atoms with E-state index in [1.165, 1.54) is 0 Å². The minimum atomic E-state index is -0.482. The third-order valence-corrected chi connectivity index (χ3v) is 4.94. The third-order valence-electron chi connectivity index (χ3n) is 4.03. The second-order valence-corrected chi connectivity index (χ2v) is 7.33. The number of hydrogen-bond acceptors (Lipinski definition) is 5. The molecule has 3 rings (SSSR count). The molecule has 138 valence electrons. The van der Waals surface area contributed by atoms with Gasteiger partial charge in [0.25, 0.3) is 11.1 Å². The van der Waals surface area contributed by atoms with Crippen LogP contribution < -0.4 is 5.32 Å². The molecule has 1 saturated heterocycles. The molecule has 0 spiro atoms. The summed E-state index contributed by atoms with van der Waals surface area (Å²) in [5, 5.41) is 2.30. The van der Waals surface area contributed by atoms with Gasteiger partial charge in [0.2, 0.25) is 5.91 Å². The van der Waals surface area contributed by atoms with Gasteiger partial charge in [-0.2, -0.15) is 0 Å². The molecular formula is C20H19N3O3S. The molecule has 6 nitrogen and oxygen atoms in total. The van der Waals surface area contributed by atoms with Crippen molar-refractivity contribution in [1.82, 2.24) is 9.88 Å². The highest BCUT2D eigenvalue weighted by atomic mass is 32.2. The van der Waals surface area contributed by atoms with Crippen LogP contribution in [0, 0.1) is 20.8 Å². The normalized spacial score (nSPS) is 15.5. The Kier molecular flexibility index (Phi) is 5.41. The van der Waals surface area contributed by atoms with Crippen LogP contribution in [0.3, 0.4) is 0 Å². The van der Waals surface area contributed by atoms with Crippen molar-refractivity contribution in [2.24, 2.45) is 0 Å². The summed E-state index contributed by atoms with van der Waals surface area (Å²) >= 11 is 0.815. The molecule has 0 aliphatic carbocycles. The summed E-state index contributed by atoms with van der Waals surface area (Å²) < 4.78 is 0. The smallest absolute Gasteiger partial charge is 0.294 e. The summed E-state index contributed by atoms with van der Waals surface area (Å²) in [6.07, 6.45) is 1.57. The Labute approximate surface area is 161 Å². The van der Waals surface area contributed by atoms with E-state index in [0.717, 1.165) is 33.5 Å². The zero-order valence-corrected chi connectivity index (χ0v) is 16.1. The minimum Gasteiger partial charge on any atom is -0.324 e. The van der Waals surface area contributed by atoms with Crippen molar-refractivity contribution < 1.29 is 14.4 Å². The van der Waals surface area contributed by atoms with Crippen LogP contribution in [0.5, 0.6) is 0 Å².